The van der Waals surface area contributed by atoms with E-state index in [-0.39, 0.29) is 18.0 Å². The fourth-order valence-corrected chi connectivity index (χ4v) is 3.44. The number of nitrogens with one attached hydrogen (secondary N) is 1. The maximum Gasteiger partial charge on any atom is 0.416 e. The van der Waals surface area contributed by atoms with Crippen LogP contribution in [-0.4, -0.2) is 23.5 Å². The first-order valence-corrected chi connectivity index (χ1v) is 9.50. The van der Waals surface area contributed by atoms with Crippen LogP contribution in [0.15, 0.2) is 48.5 Å². The highest BCUT2D eigenvalue weighted by Crippen LogP contribution is 2.37. The van der Waals surface area contributed by atoms with Crippen LogP contribution in [0.4, 0.5) is 18.0 Å². The van der Waals surface area contributed by atoms with Crippen molar-refractivity contribution >= 4 is 6.03 Å². The molecule has 2 aromatic rings. The molecule has 150 valence electrons. The Balaban J connectivity index is 1.98. The van der Waals surface area contributed by atoms with Gasteiger partial charge in [-0.3, -0.25) is 0 Å². The van der Waals surface area contributed by atoms with Crippen molar-refractivity contribution < 1.29 is 18.0 Å². The molecule has 1 aliphatic rings. The molecular formula is C22H25F3N2O. The third-order valence-electron chi connectivity index (χ3n) is 5.45. The van der Waals surface area contributed by atoms with Crippen molar-refractivity contribution in [3.05, 3.63) is 70.8 Å². The van der Waals surface area contributed by atoms with Gasteiger partial charge in [0.05, 0.1) is 11.6 Å². The molecule has 2 amide bonds. The smallest absolute Gasteiger partial charge is 0.335 e. The van der Waals surface area contributed by atoms with Crippen molar-refractivity contribution in [3.63, 3.8) is 0 Å². The average Bonchev–Trinajstić information content (AvgIpc) is 2.66. The summed E-state index contributed by atoms with van der Waals surface area (Å²) in [7, 11) is 0. The van der Waals surface area contributed by atoms with Gasteiger partial charge in [0, 0.05) is 12.6 Å². The van der Waals surface area contributed by atoms with Crippen molar-refractivity contribution in [3.8, 4) is 0 Å². The maximum atomic E-state index is 13.0. The molecule has 2 atom stereocenters. The highest BCUT2D eigenvalue weighted by atomic mass is 19.4. The minimum absolute atomic E-state index is 0.00192. The van der Waals surface area contributed by atoms with E-state index in [0.717, 1.165) is 29.7 Å². The van der Waals surface area contributed by atoms with Crippen LogP contribution in [0.25, 0.3) is 0 Å². The Hall–Kier alpha value is -2.50. The Labute approximate surface area is 163 Å². The minimum atomic E-state index is -4.38. The van der Waals surface area contributed by atoms with Crippen LogP contribution in [0.1, 0.15) is 49.1 Å². The van der Waals surface area contributed by atoms with E-state index in [1.54, 1.807) is 4.90 Å². The van der Waals surface area contributed by atoms with Gasteiger partial charge < -0.3 is 10.2 Å². The molecule has 0 unspecified atom stereocenters. The van der Waals surface area contributed by atoms with Gasteiger partial charge in [0.25, 0.3) is 0 Å². The molecule has 0 saturated carbocycles. The first-order chi connectivity index (χ1) is 13.2. The van der Waals surface area contributed by atoms with Crippen molar-refractivity contribution in [1.82, 2.24) is 10.2 Å². The van der Waals surface area contributed by atoms with Gasteiger partial charge in [-0.15, -0.1) is 0 Å². The van der Waals surface area contributed by atoms with Gasteiger partial charge in [-0.2, -0.15) is 13.2 Å². The van der Waals surface area contributed by atoms with Crippen LogP contribution in [0.3, 0.4) is 0 Å². The van der Waals surface area contributed by atoms with E-state index in [9.17, 15) is 18.0 Å². The number of alkyl halides is 3. The quantitative estimate of drug-likeness (QED) is 0.747. The molecule has 0 spiro atoms. The second-order valence-corrected chi connectivity index (χ2v) is 7.65. The number of carbonyl (C=O) groups is 1. The molecule has 0 fully saturated rings. The number of hydrogen-bond acceptors (Lipinski definition) is 1. The number of rotatable bonds is 3. The number of halogens is 3. The Morgan fingerprint density at radius 3 is 2.32 bits per heavy atom. The second-order valence-electron chi connectivity index (χ2n) is 7.65. The van der Waals surface area contributed by atoms with E-state index in [1.807, 2.05) is 45.0 Å². The lowest BCUT2D eigenvalue weighted by Crippen LogP contribution is -2.49. The van der Waals surface area contributed by atoms with Gasteiger partial charge in [-0.1, -0.05) is 50.2 Å². The summed E-state index contributed by atoms with van der Waals surface area (Å²) in [5.74, 6) is 0.283. The molecule has 2 aromatic carbocycles. The largest absolute Gasteiger partial charge is 0.416 e. The van der Waals surface area contributed by atoms with Gasteiger partial charge in [-0.25, -0.2) is 4.79 Å². The number of nitrogens with zero attached hydrogens (tertiary/aromatic N) is 1. The lowest BCUT2D eigenvalue weighted by Gasteiger charge is -2.38. The second kappa shape index (κ2) is 7.86. The molecule has 1 heterocycles. The summed E-state index contributed by atoms with van der Waals surface area (Å²) in [6.45, 7) is 6.53. The van der Waals surface area contributed by atoms with Crippen molar-refractivity contribution in [2.24, 2.45) is 5.92 Å². The zero-order chi connectivity index (χ0) is 20.5. The third-order valence-corrected chi connectivity index (χ3v) is 5.45. The Bertz CT molecular complexity index is 830. The van der Waals surface area contributed by atoms with Crippen LogP contribution in [0, 0.1) is 5.92 Å². The molecule has 3 rings (SSSR count). The normalized spacial score (nSPS) is 18.0. The number of carbonyl (C=O) groups excluding carboxylic acids is 1. The molecule has 0 bridgehead atoms. The summed E-state index contributed by atoms with van der Waals surface area (Å²) in [5, 5.41) is 3.02. The molecule has 6 heteroatoms. The van der Waals surface area contributed by atoms with Crippen LogP contribution in [0.5, 0.6) is 0 Å². The number of fused-ring (bicyclic) bond motifs is 1. The standard InChI is InChI=1S/C22H25F3N2O/c1-14(2)15(3)26-21(28)27-13-12-16-6-4-5-7-19(16)20(27)17-8-10-18(11-9-17)22(23,24)25/h4-11,14-15,20H,12-13H2,1-3H3,(H,26,28)/t15-,20+/m0/s1. The van der Waals surface area contributed by atoms with E-state index in [1.165, 1.54) is 12.1 Å². The Morgan fingerprint density at radius 1 is 1.07 bits per heavy atom. The van der Waals surface area contributed by atoms with E-state index >= 15 is 0 Å². The van der Waals surface area contributed by atoms with E-state index < -0.39 is 17.8 Å². The predicted molar refractivity (Wildman–Crippen MR) is 103 cm³/mol. The number of benzene rings is 2. The first kappa shape index (κ1) is 20.2. The summed E-state index contributed by atoms with van der Waals surface area (Å²) in [4.78, 5) is 14.7. The number of urea groups is 1. The molecule has 0 aromatic heterocycles. The minimum Gasteiger partial charge on any atom is -0.335 e. The summed E-state index contributed by atoms with van der Waals surface area (Å²) in [6, 6.07) is 12.3. The lowest BCUT2D eigenvalue weighted by molar-refractivity contribution is -0.137. The van der Waals surface area contributed by atoms with Crippen molar-refractivity contribution in [2.75, 3.05) is 6.54 Å². The number of amides is 2. The van der Waals surface area contributed by atoms with Gasteiger partial charge in [0.2, 0.25) is 0 Å². The predicted octanol–water partition coefficient (Wildman–Crippen LogP) is 5.41. The fraction of sp³-hybridized carbons (Fsp3) is 0.409. The van der Waals surface area contributed by atoms with Crippen LogP contribution < -0.4 is 5.32 Å². The SMILES string of the molecule is CC(C)[C@H](C)NC(=O)N1CCc2ccccc2[C@H]1c1ccc(C(F)(F)F)cc1. The number of hydrogen-bond donors (Lipinski definition) is 1. The zero-order valence-electron chi connectivity index (χ0n) is 16.3. The summed E-state index contributed by atoms with van der Waals surface area (Å²) >= 11 is 0. The molecule has 28 heavy (non-hydrogen) atoms. The van der Waals surface area contributed by atoms with Gasteiger partial charge in [-0.05, 0) is 48.1 Å². The molecule has 3 nitrogen and oxygen atoms in total. The fourth-order valence-electron chi connectivity index (χ4n) is 3.44. The molecule has 1 N–H and O–H groups in total. The molecule has 0 radical (unpaired) electrons. The van der Waals surface area contributed by atoms with Crippen molar-refractivity contribution in [2.45, 2.75) is 45.5 Å². The van der Waals surface area contributed by atoms with Crippen LogP contribution >= 0.6 is 0 Å². The average molecular weight is 390 g/mol. The van der Waals surface area contributed by atoms with Crippen LogP contribution in [0.2, 0.25) is 0 Å². The van der Waals surface area contributed by atoms with E-state index in [2.05, 4.69) is 5.32 Å². The Kier molecular flexibility index (Phi) is 5.68. The maximum absolute atomic E-state index is 13.0. The third kappa shape index (κ3) is 4.16. The highest BCUT2D eigenvalue weighted by molar-refractivity contribution is 5.76. The molecular weight excluding hydrogens is 365 g/mol. The molecule has 0 aliphatic carbocycles. The van der Waals surface area contributed by atoms with Crippen molar-refractivity contribution in [1.29, 1.82) is 0 Å². The topological polar surface area (TPSA) is 32.3 Å². The van der Waals surface area contributed by atoms with Gasteiger partial charge in [0.1, 0.15) is 0 Å². The monoisotopic (exact) mass is 390 g/mol. The summed E-state index contributed by atoms with van der Waals surface area (Å²) in [6.07, 6.45) is -3.66. The van der Waals surface area contributed by atoms with Gasteiger partial charge in [0.15, 0.2) is 0 Å². The van der Waals surface area contributed by atoms with E-state index in [4.69, 9.17) is 0 Å². The van der Waals surface area contributed by atoms with Crippen LogP contribution in [-0.2, 0) is 12.6 Å². The molecule has 0 saturated heterocycles. The first-order valence-electron chi connectivity index (χ1n) is 9.50. The lowest BCUT2D eigenvalue weighted by atomic mass is 9.88. The molecule has 1 aliphatic heterocycles. The van der Waals surface area contributed by atoms with E-state index in [0.29, 0.717) is 12.1 Å². The Morgan fingerprint density at radius 2 is 1.71 bits per heavy atom. The highest BCUT2D eigenvalue weighted by Gasteiger charge is 2.34. The van der Waals surface area contributed by atoms with Gasteiger partial charge >= 0.3 is 12.2 Å². The summed E-state index contributed by atoms with van der Waals surface area (Å²) in [5.41, 5.74) is 2.06. The summed E-state index contributed by atoms with van der Waals surface area (Å²) < 4.78 is 38.9. The zero-order valence-corrected chi connectivity index (χ0v) is 16.3.